The summed E-state index contributed by atoms with van der Waals surface area (Å²) in [6, 6.07) is 3.90. The highest BCUT2D eigenvalue weighted by Gasteiger charge is 2.18. The Morgan fingerprint density at radius 2 is 2.05 bits per heavy atom. The van der Waals surface area contributed by atoms with Gasteiger partial charge >= 0.3 is 5.97 Å². The van der Waals surface area contributed by atoms with Crippen LogP contribution in [0.5, 0.6) is 0 Å². The number of rotatable bonds is 5. The average molecular weight is 276 g/mol. The van der Waals surface area contributed by atoms with Gasteiger partial charge in [-0.05, 0) is 37.8 Å². The monoisotopic (exact) mass is 276 g/mol. The van der Waals surface area contributed by atoms with Gasteiger partial charge in [0, 0.05) is 18.8 Å². The topological polar surface area (TPSA) is 62.2 Å². The van der Waals surface area contributed by atoms with Crippen LogP contribution in [0.3, 0.4) is 0 Å². The number of carboxylic acid groups (broad SMARTS) is 1. The molecule has 0 spiro atoms. The van der Waals surface area contributed by atoms with Gasteiger partial charge in [-0.3, -0.25) is 4.98 Å². The maximum atomic E-state index is 10.8. The smallest absolute Gasteiger partial charge is 0.337 e. The Balaban J connectivity index is 1.82. The van der Waals surface area contributed by atoms with Gasteiger partial charge in [-0.25, -0.2) is 4.79 Å². The molecule has 0 amide bonds. The van der Waals surface area contributed by atoms with E-state index >= 15 is 0 Å². The lowest BCUT2D eigenvalue weighted by molar-refractivity contribution is 0.0696. The van der Waals surface area contributed by atoms with Crippen molar-refractivity contribution >= 4 is 5.97 Å². The molecule has 1 atom stereocenters. The van der Waals surface area contributed by atoms with Crippen molar-refractivity contribution in [1.82, 2.24) is 10.3 Å². The fourth-order valence-electron chi connectivity index (χ4n) is 2.90. The van der Waals surface area contributed by atoms with Crippen molar-refractivity contribution in [3.8, 4) is 0 Å². The molecule has 0 bridgehead atoms. The number of nitrogens with zero attached hydrogens (tertiary/aromatic N) is 1. The Hall–Kier alpha value is -1.42. The van der Waals surface area contributed by atoms with E-state index in [1.165, 1.54) is 44.7 Å². The first-order valence-corrected chi connectivity index (χ1v) is 7.58. The van der Waals surface area contributed by atoms with Crippen LogP contribution in [-0.2, 0) is 6.54 Å². The highest BCUT2D eigenvalue weighted by Crippen LogP contribution is 2.25. The van der Waals surface area contributed by atoms with Crippen molar-refractivity contribution in [3.63, 3.8) is 0 Å². The fraction of sp³-hybridized carbons (Fsp3) is 0.625. The predicted octanol–water partition coefficient (Wildman–Crippen LogP) is 3.23. The summed E-state index contributed by atoms with van der Waals surface area (Å²) in [6.07, 6.45) is 9.52. The molecule has 0 aromatic carbocycles. The average Bonchev–Trinajstić information content (AvgIpc) is 2.74. The number of carbonyl (C=O) groups is 1. The lowest BCUT2D eigenvalue weighted by atomic mass is 9.93. The maximum absolute atomic E-state index is 10.8. The molecular formula is C16H24N2O2. The first-order valence-electron chi connectivity index (χ1n) is 7.58. The largest absolute Gasteiger partial charge is 0.478 e. The lowest BCUT2D eigenvalue weighted by Gasteiger charge is -2.23. The van der Waals surface area contributed by atoms with Crippen LogP contribution in [0, 0.1) is 5.92 Å². The molecule has 1 aliphatic carbocycles. The Labute approximate surface area is 120 Å². The van der Waals surface area contributed by atoms with Gasteiger partial charge in [0.15, 0.2) is 0 Å². The molecule has 1 fully saturated rings. The van der Waals surface area contributed by atoms with E-state index in [1.54, 1.807) is 12.1 Å². The van der Waals surface area contributed by atoms with Crippen LogP contribution >= 0.6 is 0 Å². The SMILES string of the molecule is C[C@@H](NCc1ccc(C(=O)O)cn1)C1CCCCCC1. The van der Waals surface area contributed by atoms with Crippen LogP contribution in [0.1, 0.15) is 61.5 Å². The van der Waals surface area contributed by atoms with Gasteiger partial charge in [0.25, 0.3) is 0 Å². The van der Waals surface area contributed by atoms with Crippen LogP contribution in [0.4, 0.5) is 0 Å². The molecule has 0 unspecified atom stereocenters. The van der Waals surface area contributed by atoms with Crippen LogP contribution in [0.15, 0.2) is 18.3 Å². The molecule has 0 radical (unpaired) electrons. The summed E-state index contributed by atoms with van der Waals surface area (Å²) in [5, 5.41) is 12.4. The predicted molar refractivity (Wildman–Crippen MR) is 78.7 cm³/mol. The molecule has 2 N–H and O–H groups in total. The number of aromatic carboxylic acids is 1. The first-order chi connectivity index (χ1) is 9.66. The Kier molecular flexibility index (Phi) is 5.53. The molecule has 110 valence electrons. The third-order valence-corrected chi connectivity index (χ3v) is 4.28. The number of carboxylic acids is 1. The van der Waals surface area contributed by atoms with Gasteiger partial charge in [-0.2, -0.15) is 0 Å². The van der Waals surface area contributed by atoms with Crippen molar-refractivity contribution in [2.24, 2.45) is 5.92 Å². The summed E-state index contributed by atoms with van der Waals surface area (Å²) in [7, 11) is 0. The molecule has 20 heavy (non-hydrogen) atoms. The normalized spacial score (nSPS) is 18.4. The van der Waals surface area contributed by atoms with Crippen LogP contribution < -0.4 is 5.32 Å². The quantitative estimate of drug-likeness (QED) is 0.811. The first kappa shape index (κ1) is 15.0. The molecular weight excluding hydrogens is 252 g/mol. The van der Waals surface area contributed by atoms with Crippen molar-refractivity contribution in [1.29, 1.82) is 0 Å². The number of hydrogen-bond acceptors (Lipinski definition) is 3. The summed E-state index contributed by atoms with van der Waals surface area (Å²) in [6.45, 7) is 2.96. The van der Waals surface area contributed by atoms with Crippen molar-refractivity contribution < 1.29 is 9.90 Å². The van der Waals surface area contributed by atoms with E-state index in [0.29, 0.717) is 12.6 Å². The molecule has 1 aromatic heterocycles. The molecule has 1 aliphatic rings. The van der Waals surface area contributed by atoms with E-state index in [4.69, 9.17) is 5.11 Å². The molecule has 1 heterocycles. The second kappa shape index (κ2) is 7.39. The van der Waals surface area contributed by atoms with E-state index in [9.17, 15) is 4.79 Å². The fourth-order valence-corrected chi connectivity index (χ4v) is 2.90. The van der Waals surface area contributed by atoms with E-state index in [2.05, 4.69) is 17.2 Å². The highest BCUT2D eigenvalue weighted by molar-refractivity contribution is 5.87. The van der Waals surface area contributed by atoms with E-state index in [0.717, 1.165) is 11.6 Å². The molecule has 4 nitrogen and oxygen atoms in total. The zero-order valence-corrected chi connectivity index (χ0v) is 12.1. The Bertz CT molecular complexity index is 423. The lowest BCUT2D eigenvalue weighted by Crippen LogP contribution is -2.33. The summed E-state index contributed by atoms with van der Waals surface area (Å²) >= 11 is 0. The molecule has 0 saturated heterocycles. The Morgan fingerprint density at radius 1 is 1.35 bits per heavy atom. The van der Waals surface area contributed by atoms with Crippen LogP contribution in [0.2, 0.25) is 0 Å². The minimum Gasteiger partial charge on any atom is -0.478 e. The molecule has 4 heteroatoms. The zero-order chi connectivity index (χ0) is 14.4. The zero-order valence-electron chi connectivity index (χ0n) is 12.1. The highest BCUT2D eigenvalue weighted by atomic mass is 16.4. The summed E-state index contributed by atoms with van der Waals surface area (Å²) < 4.78 is 0. The van der Waals surface area contributed by atoms with E-state index < -0.39 is 5.97 Å². The maximum Gasteiger partial charge on any atom is 0.337 e. The van der Waals surface area contributed by atoms with Gasteiger partial charge in [0.2, 0.25) is 0 Å². The van der Waals surface area contributed by atoms with Gasteiger partial charge in [0.1, 0.15) is 0 Å². The van der Waals surface area contributed by atoms with Gasteiger partial charge < -0.3 is 10.4 Å². The molecule has 1 aromatic rings. The molecule has 2 rings (SSSR count). The van der Waals surface area contributed by atoms with Crippen molar-refractivity contribution in [2.45, 2.75) is 58.0 Å². The van der Waals surface area contributed by atoms with Crippen molar-refractivity contribution in [3.05, 3.63) is 29.6 Å². The number of aromatic nitrogens is 1. The molecule has 0 aliphatic heterocycles. The second-order valence-corrected chi connectivity index (χ2v) is 5.76. The number of nitrogens with one attached hydrogen (secondary N) is 1. The van der Waals surface area contributed by atoms with E-state index in [1.807, 2.05) is 0 Å². The summed E-state index contributed by atoms with van der Waals surface area (Å²) in [5.74, 6) is -0.167. The minimum atomic E-state index is -0.927. The summed E-state index contributed by atoms with van der Waals surface area (Å²) in [5.41, 5.74) is 1.14. The standard InChI is InChI=1S/C16H24N2O2/c1-12(13-6-4-2-3-5-7-13)17-11-15-9-8-14(10-18-15)16(19)20/h8-10,12-13,17H,2-7,11H2,1H3,(H,19,20)/t12-/m1/s1. The van der Waals surface area contributed by atoms with Crippen LogP contribution in [-0.4, -0.2) is 22.1 Å². The van der Waals surface area contributed by atoms with Gasteiger partial charge in [-0.1, -0.05) is 25.7 Å². The third kappa shape index (κ3) is 4.30. The van der Waals surface area contributed by atoms with Crippen molar-refractivity contribution in [2.75, 3.05) is 0 Å². The minimum absolute atomic E-state index is 0.241. The van der Waals surface area contributed by atoms with E-state index in [-0.39, 0.29) is 5.56 Å². The second-order valence-electron chi connectivity index (χ2n) is 5.76. The van der Waals surface area contributed by atoms with Gasteiger partial charge in [0.05, 0.1) is 11.3 Å². The van der Waals surface area contributed by atoms with Crippen LogP contribution in [0.25, 0.3) is 0 Å². The number of pyridine rings is 1. The summed E-state index contributed by atoms with van der Waals surface area (Å²) in [4.78, 5) is 15.0. The third-order valence-electron chi connectivity index (χ3n) is 4.28. The molecule has 1 saturated carbocycles. The Morgan fingerprint density at radius 3 is 2.60 bits per heavy atom. The van der Waals surface area contributed by atoms with Gasteiger partial charge in [-0.15, -0.1) is 0 Å². The number of hydrogen-bond donors (Lipinski definition) is 2.